The number of ether oxygens (including phenoxy) is 2. The van der Waals surface area contributed by atoms with Gasteiger partial charge < -0.3 is 14.8 Å². The molecule has 0 spiro atoms. The molecule has 2 atom stereocenters. The van der Waals surface area contributed by atoms with Crippen LogP contribution in [0.3, 0.4) is 0 Å². The van der Waals surface area contributed by atoms with Crippen LogP contribution >= 0.6 is 15.9 Å². The van der Waals surface area contributed by atoms with E-state index in [1.165, 1.54) is 0 Å². The summed E-state index contributed by atoms with van der Waals surface area (Å²) in [6.45, 7) is 4.29. The van der Waals surface area contributed by atoms with Gasteiger partial charge in [-0.2, -0.15) is 0 Å². The maximum Gasteiger partial charge on any atom is 0.316 e. The summed E-state index contributed by atoms with van der Waals surface area (Å²) in [5.74, 6) is -1.01. The van der Waals surface area contributed by atoms with Gasteiger partial charge in [0.1, 0.15) is 18.3 Å². The third kappa shape index (κ3) is 4.30. The molecule has 0 saturated carbocycles. The first-order chi connectivity index (χ1) is 15.0. The third-order valence-corrected chi connectivity index (χ3v) is 6.29. The molecule has 2 aliphatic rings. The molecule has 2 unspecified atom stereocenters. The van der Waals surface area contributed by atoms with E-state index in [0.717, 1.165) is 34.1 Å². The van der Waals surface area contributed by atoms with Crippen molar-refractivity contribution < 1.29 is 19.1 Å². The van der Waals surface area contributed by atoms with E-state index in [9.17, 15) is 9.59 Å². The first kappa shape index (κ1) is 21.4. The van der Waals surface area contributed by atoms with E-state index < -0.39 is 17.8 Å². The van der Waals surface area contributed by atoms with Crippen LogP contribution in [-0.4, -0.2) is 18.9 Å². The highest BCUT2D eigenvalue weighted by Gasteiger charge is 2.45. The lowest BCUT2D eigenvalue weighted by atomic mass is 9.71. The molecule has 1 heterocycles. The number of Topliss-reactive ketones (excluding diaryl/α,β-unsaturated/α-hetero) is 1. The molecule has 31 heavy (non-hydrogen) atoms. The van der Waals surface area contributed by atoms with Crippen molar-refractivity contribution in [2.75, 3.05) is 7.11 Å². The highest BCUT2D eigenvalue weighted by molar-refractivity contribution is 9.10. The molecule has 1 aliphatic heterocycles. The van der Waals surface area contributed by atoms with Gasteiger partial charge in [-0.1, -0.05) is 52.8 Å². The van der Waals surface area contributed by atoms with Crippen molar-refractivity contribution in [1.29, 1.82) is 0 Å². The molecule has 5 nitrogen and oxygen atoms in total. The Labute approximate surface area is 190 Å². The van der Waals surface area contributed by atoms with Gasteiger partial charge >= 0.3 is 5.97 Å². The number of esters is 1. The van der Waals surface area contributed by atoms with Crippen LogP contribution in [0, 0.1) is 5.92 Å². The number of allylic oxidation sites excluding steroid dienone is 2. The van der Waals surface area contributed by atoms with Gasteiger partial charge in [0.05, 0.1) is 7.11 Å². The Balaban J connectivity index is 1.76. The molecule has 4 rings (SSSR count). The smallest absolute Gasteiger partial charge is 0.316 e. The second kappa shape index (κ2) is 9.10. The molecule has 160 valence electrons. The van der Waals surface area contributed by atoms with Crippen LogP contribution in [0.2, 0.25) is 0 Å². The predicted octanol–water partition coefficient (Wildman–Crippen LogP) is 5.02. The Bertz CT molecular complexity index is 1060. The lowest BCUT2D eigenvalue weighted by Crippen LogP contribution is -2.41. The molecule has 0 saturated heterocycles. The number of ketones is 1. The Kier molecular flexibility index (Phi) is 6.28. The summed E-state index contributed by atoms with van der Waals surface area (Å²) in [7, 11) is 1.59. The SMILES string of the molecule is C=C1NC2=C(C(=O)CCC2)C(c2cc(Br)ccc2OC)C1C(=O)OCc1ccccc1. The summed E-state index contributed by atoms with van der Waals surface area (Å²) in [4.78, 5) is 26.3. The number of hydrogen-bond acceptors (Lipinski definition) is 5. The summed E-state index contributed by atoms with van der Waals surface area (Å²) in [6, 6.07) is 15.1. The van der Waals surface area contributed by atoms with Crippen molar-refractivity contribution in [1.82, 2.24) is 5.32 Å². The summed E-state index contributed by atoms with van der Waals surface area (Å²) in [5.41, 5.74) is 3.69. The van der Waals surface area contributed by atoms with Gasteiger partial charge in [0.2, 0.25) is 0 Å². The largest absolute Gasteiger partial charge is 0.496 e. The summed E-state index contributed by atoms with van der Waals surface area (Å²) < 4.78 is 12.1. The standard InChI is InChI=1S/C25H24BrNO4/c1-15-22(25(29)31-14-16-7-4-3-5-8-16)23(18-13-17(26)11-12-21(18)30-2)24-19(27-15)9-6-10-20(24)28/h3-5,7-8,11-13,22-23,27H,1,6,9-10,14H2,2H3. The molecule has 2 aromatic rings. The van der Waals surface area contributed by atoms with Crippen LogP contribution in [0.25, 0.3) is 0 Å². The molecule has 0 amide bonds. The average Bonchev–Trinajstić information content (AvgIpc) is 2.77. The zero-order chi connectivity index (χ0) is 22.0. The van der Waals surface area contributed by atoms with Crippen molar-refractivity contribution in [3.8, 4) is 5.75 Å². The quantitative estimate of drug-likeness (QED) is 0.607. The average molecular weight is 482 g/mol. The number of hydrogen-bond donors (Lipinski definition) is 1. The van der Waals surface area contributed by atoms with Crippen LogP contribution in [0.5, 0.6) is 5.75 Å². The molecular formula is C25H24BrNO4. The van der Waals surface area contributed by atoms with Crippen LogP contribution in [0.15, 0.2) is 76.5 Å². The molecule has 0 aromatic heterocycles. The van der Waals surface area contributed by atoms with Crippen LogP contribution in [0.1, 0.15) is 36.3 Å². The summed E-state index contributed by atoms with van der Waals surface area (Å²) in [5, 5.41) is 3.24. The topological polar surface area (TPSA) is 64.6 Å². The fraction of sp³-hybridized carbons (Fsp3) is 0.280. The fourth-order valence-electron chi connectivity index (χ4n) is 4.37. The van der Waals surface area contributed by atoms with Crippen molar-refractivity contribution >= 4 is 27.7 Å². The van der Waals surface area contributed by atoms with Crippen molar-refractivity contribution in [2.24, 2.45) is 5.92 Å². The van der Waals surface area contributed by atoms with Gasteiger partial charge in [0.25, 0.3) is 0 Å². The minimum absolute atomic E-state index is 0.0501. The first-order valence-electron chi connectivity index (χ1n) is 10.3. The van der Waals surface area contributed by atoms with E-state index >= 15 is 0 Å². The number of halogens is 1. The lowest BCUT2D eigenvalue weighted by Gasteiger charge is -2.38. The third-order valence-electron chi connectivity index (χ3n) is 5.79. The monoisotopic (exact) mass is 481 g/mol. The molecule has 6 heteroatoms. The van der Waals surface area contributed by atoms with E-state index in [0.29, 0.717) is 23.4 Å². The van der Waals surface area contributed by atoms with E-state index in [1.54, 1.807) is 7.11 Å². The summed E-state index contributed by atoms with van der Waals surface area (Å²) >= 11 is 3.52. The van der Waals surface area contributed by atoms with Crippen LogP contribution in [-0.2, 0) is 20.9 Å². The second-order valence-electron chi connectivity index (χ2n) is 7.75. The maximum absolute atomic E-state index is 13.3. The molecule has 2 aromatic carbocycles. The van der Waals surface area contributed by atoms with Gasteiger partial charge in [0, 0.05) is 39.3 Å². The van der Waals surface area contributed by atoms with Gasteiger partial charge in [0.15, 0.2) is 5.78 Å². The molecule has 0 bridgehead atoms. The van der Waals surface area contributed by atoms with E-state index in [4.69, 9.17) is 9.47 Å². The van der Waals surface area contributed by atoms with Crippen LogP contribution < -0.4 is 10.1 Å². The van der Waals surface area contributed by atoms with Crippen molar-refractivity contribution in [3.63, 3.8) is 0 Å². The van der Waals surface area contributed by atoms with Gasteiger partial charge in [-0.25, -0.2) is 0 Å². The number of nitrogens with one attached hydrogen (secondary N) is 1. The number of carbonyl (C=O) groups excluding carboxylic acids is 2. The van der Waals surface area contributed by atoms with Gasteiger partial charge in [-0.3, -0.25) is 9.59 Å². The highest BCUT2D eigenvalue weighted by Crippen LogP contribution is 2.47. The zero-order valence-electron chi connectivity index (χ0n) is 17.3. The molecule has 1 aliphatic carbocycles. The number of rotatable bonds is 5. The minimum Gasteiger partial charge on any atom is -0.496 e. The minimum atomic E-state index is -0.743. The van der Waals surface area contributed by atoms with Gasteiger partial charge in [-0.15, -0.1) is 0 Å². The first-order valence-corrected chi connectivity index (χ1v) is 11.0. The predicted molar refractivity (Wildman–Crippen MR) is 121 cm³/mol. The highest BCUT2D eigenvalue weighted by atomic mass is 79.9. The molecule has 0 radical (unpaired) electrons. The fourth-order valence-corrected chi connectivity index (χ4v) is 4.75. The van der Waals surface area contributed by atoms with Crippen molar-refractivity contribution in [3.05, 3.63) is 87.7 Å². The number of carbonyl (C=O) groups is 2. The number of methoxy groups -OCH3 is 1. The Hall–Kier alpha value is -2.86. The number of benzene rings is 2. The molecular weight excluding hydrogens is 458 g/mol. The summed E-state index contributed by atoms with van der Waals surface area (Å²) in [6.07, 6.45) is 1.99. The normalized spacial score (nSPS) is 20.7. The van der Waals surface area contributed by atoms with Gasteiger partial charge in [-0.05, 0) is 36.6 Å². The van der Waals surface area contributed by atoms with E-state index in [2.05, 4.69) is 27.8 Å². The van der Waals surface area contributed by atoms with Crippen LogP contribution in [0.4, 0.5) is 0 Å². The molecule has 0 fully saturated rings. The Morgan fingerprint density at radius 1 is 1.19 bits per heavy atom. The van der Waals surface area contributed by atoms with Crippen molar-refractivity contribution in [2.45, 2.75) is 31.8 Å². The Morgan fingerprint density at radius 3 is 2.71 bits per heavy atom. The van der Waals surface area contributed by atoms with E-state index in [-0.39, 0.29) is 12.4 Å². The second-order valence-corrected chi connectivity index (χ2v) is 8.67. The Morgan fingerprint density at radius 2 is 1.97 bits per heavy atom. The maximum atomic E-state index is 13.3. The zero-order valence-corrected chi connectivity index (χ0v) is 18.9. The van der Waals surface area contributed by atoms with E-state index in [1.807, 2.05) is 48.5 Å². The molecule has 1 N–H and O–H groups in total. The lowest BCUT2D eigenvalue weighted by molar-refractivity contribution is -0.149.